The van der Waals surface area contributed by atoms with Crippen LogP contribution in [0.15, 0.2) is 27.4 Å². The van der Waals surface area contributed by atoms with Gasteiger partial charge in [0.1, 0.15) is 0 Å². The molecule has 1 N–H and O–H groups in total. The molecule has 6 nitrogen and oxygen atoms in total. The average molecular weight is 392 g/mol. The third kappa shape index (κ3) is 4.66. The maximum Gasteiger partial charge on any atom is 0.264 e. The van der Waals surface area contributed by atoms with E-state index in [1.54, 1.807) is 19.1 Å². The number of aromatic nitrogens is 2. The number of benzene rings is 1. The van der Waals surface area contributed by atoms with E-state index in [9.17, 15) is 13.2 Å². The van der Waals surface area contributed by atoms with Gasteiger partial charge < -0.3 is 0 Å². The first-order valence-corrected chi connectivity index (χ1v) is 10.1. The van der Waals surface area contributed by atoms with Crippen LogP contribution in [-0.4, -0.2) is 23.7 Å². The second kappa shape index (κ2) is 7.61. The predicted octanol–water partition coefficient (Wildman–Crippen LogP) is 3.72. The first kappa shape index (κ1) is 18.2. The van der Waals surface area contributed by atoms with E-state index in [1.807, 2.05) is 6.92 Å². The SMILES string of the molecule is CCCC(=O)Sc1nnc(NS(=O)(=O)c2cccc(Cl)c2C)s1. The Balaban J connectivity index is 2.17. The molecule has 23 heavy (non-hydrogen) atoms. The number of carbonyl (C=O) groups excluding carboxylic acids is 1. The summed E-state index contributed by atoms with van der Waals surface area (Å²) in [5.74, 6) is 0. The second-order valence-corrected chi connectivity index (χ2v) is 8.91. The summed E-state index contributed by atoms with van der Waals surface area (Å²) < 4.78 is 27.6. The molecule has 1 aromatic carbocycles. The van der Waals surface area contributed by atoms with Gasteiger partial charge in [-0.1, -0.05) is 35.9 Å². The molecule has 0 unspecified atom stereocenters. The molecule has 0 amide bonds. The van der Waals surface area contributed by atoms with Crippen molar-refractivity contribution in [2.75, 3.05) is 4.72 Å². The summed E-state index contributed by atoms with van der Waals surface area (Å²) in [6.45, 7) is 3.53. The maximum absolute atomic E-state index is 12.4. The minimum absolute atomic E-state index is 0.0243. The van der Waals surface area contributed by atoms with Crippen LogP contribution in [0.25, 0.3) is 0 Å². The van der Waals surface area contributed by atoms with Crippen molar-refractivity contribution in [2.24, 2.45) is 0 Å². The normalized spacial score (nSPS) is 11.4. The lowest BCUT2D eigenvalue weighted by molar-refractivity contribution is -0.111. The Labute approximate surface area is 147 Å². The Kier molecular flexibility index (Phi) is 6.01. The lowest BCUT2D eigenvalue weighted by Gasteiger charge is -2.08. The van der Waals surface area contributed by atoms with Crippen LogP contribution < -0.4 is 4.72 Å². The Bertz CT molecular complexity index is 821. The summed E-state index contributed by atoms with van der Waals surface area (Å²) in [5, 5.41) is 8.03. The van der Waals surface area contributed by atoms with Crippen molar-refractivity contribution in [3.8, 4) is 0 Å². The lowest BCUT2D eigenvalue weighted by atomic mass is 10.2. The maximum atomic E-state index is 12.4. The number of hydrogen-bond acceptors (Lipinski definition) is 7. The van der Waals surface area contributed by atoms with E-state index in [-0.39, 0.29) is 15.1 Å². The van der Waals surface area contributed by atoms with Gasteiger partial charge in [0.05, 0.1) is 4.90 Å². The highest BCUT2D eigenvalue weighted by molar-refractivity contribution is 8.15. The number of anilines is 1. The minimum Gasteiger partial charge on any atom is -0.287 e. The third-order valence-electron chi connectivity index (χ3n) is 2.79. The zero-order chi connectivity index (χ0) is 17.0. The van der Waals surface area contributed by atoms with Gasteiger partial charge in [0, 0.05) is 11.4 Å². The van der Waals surface area contributed by atoms with Crippen molar-refractivity contribution in [1.82, 2.24) is 10.2 Å². The molecular weight excluding hydrogens is 378 g/mol. The molecule has 0 saturated carbocycles. The topological polar surface area (TPSA) is 89.0 Å². The Morgan fingerprint density at radius 2 is 2.13 bits per heavy atom. The summed E-state index contributed by atoms with van der Waals surface area (Å²) in [6.07, 6.45) is 1.19. The highest BCUT2D eigenvalue weighted by Crippen LogP contribution is 2.30. The molecule has 0 aliphatic heterocycles. The molecule has 1 heterocycles. The monoisotopic (exact) mass is 391 g/mol. The lowest BCUT2D eigenvalue weighted by Crippen LogP contribution is -2.14. The van der Waals surface area contributed by atoms with Gasteiger partial charge in [-0.15, -0.1) is 10.2 Å². The van der Waals surface area contributed by atoms with Gasteiger partial charge in [0.2, 0.25) is 5.13 Å². The molecule has 0 bridgehead atoms. The zero-order valence-corrected chi connectivity index (χ0v) is 15.6. The first-order valence-electron chi connectivity index (χ1n) is 6.65. The number of halogens is 1. The molecule has 0 saturated heterocycles. The summed E-state index contributed by atoms with van der Waals surface area (Å²) in [7, 11) is -3.81. The molecule has 2 aromatic rings. The fourth-order valence-electron chi connectivity index (χ4n) is 1.69. The molecule has 10 heteroatoms. The van der Waals surface area contributed by atoms with E-state index >= 15 is 0 Å². The molecule has 124 valence electrons. The van der Waals surface area contributed by atoms with E-state index in [0.717, 1.165) is 29.5 Å². The standard InChI is InChI=1S/C13H14ClN3O3S3/c1-3-5-11(18)21-13-16-15-12(22-13)17-23(19,20)10-7-4-6-9(14)8(10)2/h4,6-7H,3,5H2,1-2H3,(H,15,17). The van der Waals surface area contributed by atoms with E-state index in [2.05, 4.69) is 14.9 Å². The largest absolute Gasteiger partial charge is 0.287 e. The fraction of sp³-hybridized carbons (Fsp3) is 0.308. The van der Waals surface area contributed by atoms with Crippen LogP contribution in [0.5, 0.6) is 0 Å². The Hall–Kier alpha value is -1.16. The number of rotatable bonds is 6. The minimum atomic E-state index is -3.81. The fourth-order valence-corrected chi connectivity index (χ4v) is 5.16. The smallest absolute Gasteiger partial charge is 0.264 e. The number of nitrogens with zero attached hydrogens (tertiary/aromatic N) is 2. The van der Waals surface area contributed by atoms with Crippen LogP contribution >= 0.6 is 34.7 Å². The molecule has 1 aromatic heterocycles. The van der Waals surface area contributed by atoms with Gasteiger partial charge in [-0.3, -0.25) is 9.52 Å². The van der Waals surface area contributed by atoms with Crippen molar-refractivity contribution < 1.29 is 13.2 Å². The summed E-state index contributed by atoms with van der Waals surface area (Å²) in [5.41, 5.74) is 0.457. The van der Waals surface area contributed by atoms with E-state index in [0.29, 0.717) is 21.3 Å². The molecule has 2 rings (SSSR count). The Morgan fingerprint density at radius 1 is 1.39 bits per heavy atom. The number of carbonyl (C=O) groups is 1. The van der Waals surface area contributed by atoms with E-state index in [4.69, 9.17) is 11.6 Å². The molecule has 0 aliphatic carbocycles. The molecule has 0 aliphatic rings. The van der Waals surface area contributed by atoms with E-state index < -0.39 is 10.0 Å². The molecule has 0 radical (unpaired) electrons. The van der Waals surface area contributed by atoms with Crippen molar-refractivity contribution in [2.45, 2.75) is 35.9 Å². The molecule has 0 fully saturated rings. The summed E-state index contributed by atoms with van der Waals surface area (Å²) in [6, 6.07) is 4.65. The van der Waals surface area contributed by atoms with Gasteiger partial charge in [0.15, 0.2) is 9.45 Å². The highest BCUT2D eigenvalue weighted by Gasteiger charge is 2.20. The van der Waals surface area contributed by atoms with Crippen LogP contribution in [0.1, 0.15) is 25.3 Å². The van der Waals surface area contributed by atoms with Crippen LogP contribution in [0, 0.1) is 6.92 Å². The van der Waals surface area contributed by atoms with Crippen LogP contribution in [0.3, 0.4) is 0 Å². The van der Waals surface area contributed by atoms with Crippen molar-refractivity contribution in [1.29, 1.82) is 0 Å². The third-order valence-corrected chi connectivity index (χ3v) is 6.63. The molecular formula is C13H14ClN3O3S3. The average Bonchev–Trinajstić information content (AvgIpc) is 2.88. The van der Waals surface area contributed by atoms with Gasteiger partial charge >= 0.3 is 0 Å². The van der Waals surface area contributed by atoms with E-state index in [1.165, 1.54) is 6.07 Å². The number of sulfonamides is 1. The summed E-state index contributed by atoms with van der Waals surface area (Å²) >= 11 is 7.94. The van der Waals surface area contributed by atoms with Crippen LogP contribution in [0.4, 0.5) is 5.13 Å². The zero-order valence-electron chi connectivity index (χ0n) is 12.4. The number of thioether (sulfide) groups is 1. The van der Waals surface area contributed by atoms with Crippen LogP contribution in [-0.2, 0) is 14.8 Å². The van der Waals surface area contributed by atoms with Crippen molar-refractivity contribution in [3.05, 3.63) is 28.8 Å². The predicted molar refractivity (Wildman–Crippen MR) is 92.7 cm³/mol. The quantitative estimate of drug-likeness (QED) is 0.755. The van der Waals surface area contributed by atoms with Gasteiger partial charge in [-0.05, 0) is 42.8 Å². The van der Waals surface area contributed by atoms with Crippen molar-refractivity contribution >= 4 is 55.0 Å². The highest BCUT2D eigenvalue weighted by atomic mass is 35.5. The second-order valence-electron chi connectivity index (χ2n) is 4.57. The Morgan fingerprint density at radius 3 is 2.83 bits per heavy atom. The van der Waals surface area contributed by atoms with Crippen LogP contribution in [0.2, 0.25) is 5.02 Å². The summed E-state index contributed by atoms with van der Waals surface area (Å²) in [4.78, 5) is 11.6. The van der Waals surface area contributed by atoms with Gasteiger partial charge in [0.25, 0.3) is 10.0 Å². The number of hydrogen-bond donors (Lipinski definition) is 1. The molecule has 0 atom stereocenters. The van der Waals surface area contributed by atoms with Crippen molar-refractivity contribution in [3.63, 3.8) is 0 Å². The number of nitrogens with one attached hydrogen (secondary N) is 1. The van der Waals surface area contributed by atoms with Gasteiger partial charge in [-0.2, -0.15) is 0 Å². The first-order chi connectivity index (χ1) is 10.8. The molecule has 0 spiro atoms. The van der Waals surface area contributed by atoms with Gasteiger partial charge in [-0.25, -0.2) is 8.42 Å².